The number of alkyl halides is 1. The summed E-state index contributed by atoms with van der Waals surface area (Å²) < 4.78 is 0.713. The fourth-order valence-electron chi connectivity index (χ4n) is 2.70. The van der Waals surface area contributed by atoms with Gasteiger partial charge in [-0.3, -0.25) is 0 Å². The Morgan fingerprint density at radius 1 is 0.765 bits per heavy atom. The van der Waals surface area contributed by atoms with Crippen LogP contribution in [0, 0.1) is 0 Å². The Kier molecular flexibility index (Phi) is 3.19. The van der Waals surface area contributed by atoms with Gasteiger partial charge in [0.25, 0.3) is 0 Å². The van der Waals surface area contributed by atoms with Crippen LogP contribution in [0.15, 0.2) is 54.6 Å². The van der Waals surface area contributed by atoms with Gasteiger partial charge in [-0.2, -0.15) is 0 Å². The van der Waals surface area contributed by atoms with Crippen LogP contribution in [0.3, 0.4) is 0 Å². The molecule has 0 fully saturated rings. The number of halogens is 1. The highest BCUT2D eigenvalue weighted by molar-refractivity contribution is 14.1. The van der Waals surface area contributed by atoms with Gasteiger partial charge in [0.05, 0.1) is 0 Å². The van der Waals surface area contributed by atoms with E-state index in [1.54, 1.807) is 5.56 Å². The summed E-state index contributed by atoms with van der Waals surface area (Å²) in [6, 6.07) is 19.8. The van der Waals surface area contributed by atoms with Gasteiger partial charge in [-0.25, -0.2) is 0 Å². The Hall–Kier alpha value is -0.830. The van der Waals surface area contributed by atoms with Gasteiger partial charge in [-0.1, -0.05) is 77.2 Å². The van der Waals surface area contributed by atoms with Crippen LogP contribution in [-0.2, 0) is 12.8 Å². The fourth-order valence-corrected chi connectivity index (χ4v) is 3.84. The van der Waals surface area contributed by atoms with E-state index in [-0.39, 0.29) is 0 Å². The van der Waals surface area contributed by atoms with Crippen LogP contribution in [0.4, 0.5) is 0 Å². The van der Waals surface area contributed by atoms with Crippen molar-refractivity contribution in [2.24, 2.45) is 0 Å². The Balaban J connectivity index is 1.95. The van der Waals surface area contributed by atoms with Gasteiger partial charge < -0.3 is 0 Å². The van der Waals surface area contributed by atoms with Gasteiger partial charge in [-0.05, 0) is 29.5 Å². The normalized spacial score (nSPS) is 23.1. The minimum absolute atomic E-state index is 0.673. The molecule has 0 heterocycles. The average Bonchev–Trinajstić information content (AvgIpc) is 2.39. The molecule has 86 valence electrons. The molecule has 0 aliphatic heterocycles. The van der Waals surface area contributed by atoms with Crippen LogP contribution in [-0.4, -0.2) is 3.92 Å². The molecule has 0 bridgehead atoms. The van der Waals surface area contributed by atoms with E-state index in [1.807, 2.05) is 0 Å². The molecule has 1 aliphatic carbocycles. The van der Waals surface area contributed by atoms with E-state index in [0.717, 1.165) is 0 Å². The molecule has 17 heavy (non-hydrogen) atoms. The highest BCUT2D eigenvalue weighted by Gasteiger charge is 2.27. The molecule has 1 aliphatic rings. The molecule has 0 aromatic heterocycles. The van der Waals surface area contributed by atoms with Crippen molar-refractivity contribution >= 4 is 22.6 Å². The van der Waals surface area contributed by atoms with E-state index >= 15 is 0 Å². The van der Waals surface area contributed by atoms with E-state index in [9.17, 15) is 0 Å². The van der Waals surface area contributed by atoms with E-state index < -0.39 is 0 Å². The molecule has 2 atom stereocenters. The molecule has 2 aromatic carbocycles. The maximum Gasteiger partial charge on any atom is 0.0222 e. The number of benzene rings is 2. The second-order valence-electron chi connectivity index (χ2n) is 4.71. The topological polar surface area (TPSA) is 0 Å². The summed E-state index contributed by atoms with van der Waals surface area (Å²) in [5, 5.41) is 0. The van der Waals surface area contributed by atoms with E-state index in [1.165, 1.54) is 24.0 Å². The highest BCUT2D eigenvalue weighted by atomic mass is 127. The first-order valence-corrected chi connectivity index (χ1v) is 7.35. The van der Waals surface area contributed by atoms with Crippen LogP contribution in [0.1, 0.15) is 22.6 Å². The SMILES string of the molecule is IC1Cc2ccccc2CC1c1ccccc1. The molecule has 0 radical (unpaired) electrons. The van der Waals surface area contributed by atoms with Gasteiger partial charge >= 0.3 is 0 Å². The minimum atomic E-state index is 0.673. The standard InChI is InChI=1S/C16H15I/c17-16-11-14-9-5-4-8-13(14)10-15(16)12-6-2-1-3-7-12/h1-9,15-16H,10-11H2. The first-order chi connectivity index (χ1) is 8.34. The summed E-state index contributed by atoms with van der Waals surface area (Å²) in [6.45, 7) is 0. The lowest BCUT2D eigenvalue weighted by Gasteiger charge is -2.30. The molecule has 3 rings (SSSR count). The van der Waals surface area contributed by atoms with Crippen molar-refractivity contribution in [3.05, 3.63) is 71.3 Å². The zero-order valence-electron chi connectivity index (χ0n) is 9.64. The van der Waals surface area contributed by atoms with Crippen molar-refractivity contribution < 1.29 is 0 Å². The van der Waals surface area contributed by atoms with E-state index in [2.05, 4.69) is 77.2 Å². The summed E-state index contributed by atoms with van der Waals surface area (Å²) in [6.07, 6.45) is 2.39. The summed E-state index contributed by atoms with van der Waals surface area (Å²) in [5.74, 6) is 0.673. The zero-order chi connectivity index (χ0) is 11.7. The largest absolute Gasteiger partial charge is 0.0816 e. The second-order valence-corrected chi connectivity index (χ2v) is 6.31. The van der Waals surface area contributed by atoms with Crippen LogP contribution in [0.25, 0.3) is 0 Å². The Morgan fingerprint density at radius 2 is 1.35 bits per heavy atom. The Morgan fingerprint density at radius 3 is 2.06 bits per heavy atom. The number of hydrogen-bond donors (Lipinski definition) is 0. The Bertz CT molecular complexity index is 504. The van der Waals surface area contributed by atoms with Crippen LogP contribution >= 0.6 is 22.6 Å². The quantitative estimate of drug-likeness (QED) is 0.537. The predicted molar refractivity (Wildman–Crippen MR) is 80.8 cm³/mol. The smallest absolute Gasteiger partial charge is 0.0222 e. The predicted octanol–water partition coefficient (Wildman–Crippen LogP) is 4.37. The maximum atomic E-state index is 2.62. The molecule has 0 amide bonds. The molecule has 1 heteroatoms. The molecule has 0 nitrogen and oxygen atoms in total. The summed E-state index contributed by atoms with van der Waals surface area (Å²) >= 11 is 2.62. The first-order valence-electron chi connectivity index (χ1n) is 6.10. The number of hydrogen-bond acceptors (Lipinski definition) is 0. The fraction of sp³-hybridized carbons (Fsp3) is 0.250. The van der Waals surface area contributed by atoms with Crippen molar-refractivity contribution in [2.75, 3.05) is 0 Å². The van der Waals surface area contributed by atoms with Crippen molar-refractivity contribution in [1.29, 1.82) is 0 Å². The molecular formula is C16H15I. The molecule has 0 spiro atoms. The molecule has 0 N–H and O–H groups in total. The van der Waals surface area contributed by atoms with Crippen molar-refractivity contribution in [3.8, 4) is 0 Å². The zero-order valence-corrected chi connectivity index (χ0v) is 11.8. The van der Waals surface area contributed by atoms with Crippen molar-refractivity contribution in [3.63, 3.8) is 0 Å². The lowest BCUT2D eigenvalue weighted by molar-refractivity contribution is 0.618. The van der Waals surface area contributed by atoms with Gasteiger partial charge in [0.2, 0.25) is 0 Å². The Labute approximate surface area is 116 Å². The summed E-state index contributed by atoms with van der Waals surface area (Å²) in [5.41, 5.74) is 4.56. The van der Waals surface area contributed by atoms with Crippen molar-refractivity contribution in [1.82, 2.24) is 0 Å². The molecule has 0 saturated heterocycles. The first kappa shape index (κ1) is 11.3. The third-order valence-corrected chi connectivity index (χ3v) is 4.95. The summed E-state index contributed by atoms with van der Waals surface area (Å²) in [4.78, 5) is 0. The molecule has 0 saturated carbocycles. The van der Waals surface area contributed by atoms with E-state index in [4.69, 9.17) is 0 Å². The second kappa shape index (κ2) is 4.81. The highest BCUT2D eigenvalue weighted by Crippen LogP contribution is 2.36. The van der Waals surface area contributed by atoms with Crippen LogP contribution < -0.4 is 0 Å². The molecule has 2 unspecified atom stereocenters. The lowest BCUT2D eigenvalue weighted by Crippen LogP contribution is -2.23. The molecular weight excluding hydrogens is 319 g/mol. The van der Waals surface area contributed by atoms with Gasteiger partial charge in [0.15, 0.2) is 0 Å². The van der Waals surface area contributed by atoms with Gasteiger partial charge in [0.1, 0.15) is 0 Å². The third kappa shape index (κ3) is 2.25. The maximum absolute atomic E-state index is 2.62. The third-order valence-electron chi connectivity index (χ3n) is 3.64. The van der Waals surface area contributed by atoms with Crippen LogP contribution in [0.2, 0.25) is 0 Å². The van der Waals surface area contributed by atoms with Gasteiger partial charge in [0, 0.05) is 9.84 Å². The minimum Gasteiger partial charge on any atom is -0.0816 e. The lowest BCUT2D eigenvalue weighted by atomic mass is 9.80. The van der Waals surface area contributed by atoms with Gasteiger partial charge in [-0.15, -0.1) is 0 Å². The molecule has 2 aromatic rings. The number of fused-ring (bicyclic) bond motifs is 1. The van der Waals surface area contributed by atoms with Crippen molar-refractivity contribution in [2.45, 2.75) is 22.7 Å². The van der Waals surface area contributed by atoms with Crippen LogP contribution in [0.5, 0.6) is 0 Å². The van der Waals surface area contributed by atoms with E-state index in [0.29, 0.717) is 9.84 Å². The average molecular weight is 334 g/mol. The summed E-state index contributed by atoms with van der Waals surface area (Å²) in [7, 11) is 0. The number of rotatable bonds is 1. The monoisotopic (exact) mass is 334 g/mol.